The van der Waals surface area contributed by atoms with Crippen molar-refractivity contribution in [2.24, 2.45) is 17.6 Å². The number of nitrogens with zero attached hydrogens (tertiary/aromatic N) is 1. The number of amides is 2. The van der Waals surface area contributed by atoms with E-state index in [9.17, 15) is 14.0 Å². The van der Waals surface area contributed by atoms with E-state index in [1.54, 1.807) is 6.07 Å². The van der Waals surface area contributed by atoms with Crippen LogP contribution in [0.5, 0.6) is 0 Å². The van der Waals surface area contributed by atoms with E-state index in [0.717, 1.165) is 5.56 Å². The Morgan fingerprint density at radius 1 is 1.36 bits per heavy atom. The minimum atomic E-state index is -0.272. The quantitative estimate of drug-likeness (QED) is 0.905. The van der Waals surface area contributed by atoms with Gasteiger partial charge < -0.3 is 10.6 Å². The number of halogens is 1. The minimum Gasteiger partial charge on any atom is -0.369 e. The standard InChI is InChI=1S/C17H23FN2O2/c1-12(5-6-13-3-2-4-15(18)11-13)17(22)20-9-7-14(8-10-20)16(19)21/h2-4,11-12,14H,5-10H2,1H3,(H2,19,21). The predicted octanol–water partition coefficient (Wildman–Crippen LogP) is 2.12. The van der Waals surface area contributed by atoms with Gasteiger partial charge in [0.2, 0.25) is 11.8 Å². The van der Waals surface area contributed by atoms with E-state index >= 15 is 0 Å². The number of carbonyl (C=O) groups is 2. The highest BCUT2D eigenvalue weighted by Gasteiger charge is 2.27. The zero-order valence-electron chi connectivity index (χ0n) is 12.9. The lowest BCUT2D eigenvalue weighted by Gasteiger charge is -2.32. The summed E-state index contributed by atoms with van der Waals surface area (Å²) >= 11 is 0. The smallest absolute Gasteiger partial charge is 0.225 e. The molecule has 0 saturated carbocycles. The molecule has 1 saturated heterocycles. The van der Waals surface area contributed by atoms with Crippen molar-refractivity contribution in [1.82, 2.24) is 4.90 Å². The van der Waals surface area contributed by atoms with Gasteiger partial charge in [-0.05, 0) is 43.4 Å². The first-order valence-electron chi connectivity index (χ1n) is 7.80. The van der Waals surface area contributed by atoms with Gasteiger partial charge in [-0.25, -0.2) is 4.39 Å². The molecule has 1 aliphatic heterocycles. The molecule has 4 nitrogen and oxygen atoms in total. The van der Waals surface area contributed by atoms with Crippen LogP contribution < -0.4 is 5.73 Å². The second kappa shape index (κ2) is 7.38. The van der Waals surface area contributed by atoms with Gasteiger partial charge in [0.1, 0.15) is 5.82 Å². The molecule has 0 bridgehead atoms. The Kier molecular flexibility index (Phi) is 5.52. The topological polar surface area (TPSA) is 63.4 Å². The van der Waals surface area contributed by atoms with Crippen LogP contribution in [0.2, 0.25) is 0 Å². The number of nitrogens with two attached hydrogens (primary N) is 1. The highest BCUT2D eigenvalue weighted by atomic mass is 19.1. The molecule has 2 N–H and O–H groups in total. The third-order valence-corrected chi connectivity index (χ3v) is 4.39. The van der Waals surface area contributed by atoms with E-state index in [0.29, 0.717) is 38.8 Å². The van der Waals surface area contributed by atoms with Gasteiger partial charge in [-0.3, -0.25) is 9.59 Å². The van der Waals surface area contributed by atoms with E-state index in [1.165, 1.54) is 12.1 Å². The monoisotopic (exact) mass is 306 g/mol. The maximum absolute atomic E-state index is 13.1. The van der Waals surface area contributed by atoms with Gasteiger partial charge >= 0.3 is 0 Å². The van der Waals surface area contributed by atoms with Gasteiger partial charge in [0.15, 0.2) is 0 Å². The Hall–Kier alpha value is -1.91. The summed E-state index contributed by atoms with van der Waals surface area (Å²) in [6.45, 7) is 3.09. The van der Waals surface area contributed by atoms with E-state index in [-0.39, 0.29) is 29.5 Å². The average molecular weight is 306 g/mol. The van der Waals surface area contributed by atoms with Crippen LogP contribution in [-0.4, -0.2) is 29.8 Å². The first-order chi connectivity index (χ1) is 10.5. The van der Waals surface area contributed by atoms with Crippen molar-refractivity contribution >= 4 is 11.8 Å². The molecule has 1 fully saturated rings. The zero-order chi connectivity index (χ0) is 16.1. The maximum atomic E-state index is 13.1. The molecule has 120 valence electrons. The van der Waals surface area contributed by atoms with Gasteiger partial charge in [0.25, 0.3) is 0 Å². The van der Waals surface area contributed by atoms with Crippen LogP contribution in [0.25, 0.3) is 0 Å². The van der Waals surface area contributed by atoms with Gasteiger partial charge in [0.05, 0.1) is 0 Å². The molecule has 1 atom stereocenters. The van der Waals surface area contributed by atoms with Gasteiger partial charge in [-0.15, -0.1) is 0 Å². The molecular weight excluding hydrogens is 283 g/mol. The van der Waals surface area contributed by atoms with E-state index < -0.39 is 0 Å². The van der Waals surface area contributed by atoms with Crippen LogP contribution in [0.4, 0.5) is 4.39 Å². The summed E-state index contributed by atoms with van der Waals surface area (Å²) in [5.74, 6) is -0.615. The lowest BCUT2D eigenvalue weighted by molar-refractivity contribution is -0.138. The number of aryl methyl sites for hydroxylation is 1. The van der Waals surface area contributed by atoms with Gasteiger partial charge in [-0.2, -0.15) is 0 Å². The van der Waals surface area contributed by atoms with Gasteiger partial charge in [-0.1, -0.05) is 19.1 Å². The largest absolute Gasteiger partial charge is 0.369 e. The maximum Gasteiger partial charge on any atom is 0.225 e. The fourth-order valence-corrected chi connectivity index (χ4v) is 2.90. The second-order valence-electron chi connectivity index (χ2n) is 6.07. The molecule has 5 heteroatoms. The van der Waals surface area contributed by atoms with Crippen molar-refractivity contribution < 1.29 is 14.0 Å². The number of hydrogen-bond acceptors (Lipinski definition) is 2. The third kappa shape index (κ3) is 4.29. The highest BCUT2D eigenvalue weighted by Crippen LogP contribution is 2.20. The van der Waals surface area contributed by atoms with Crippen molar-refractivity contribution in [3.8, 4) is 0 Å². The molecule has 1 aliphatic rings. The molecule has 1 aromatic rings. The lowest BCUT2D eigenvalue weighted by atomic mass is 9.94. The van der Waals surface area contributed by atoms with Crippen LogP contribution in [-0.2, 0) is 16.0 Å². The molecule has 2 rings (SSSR count). The van der Waals surface area contributed by atoms with E-state index in [2.05, 4.69) is 0 Å². The van der Waals surface area contributed by atoms with Crippen molar-refractivity contribution in [3.05, 3.63) is 35.6 Å². The Balaban J connectivity index is 1.81. The lowest BCUT2D eigenvalue weighted by Crippen LogP contribution is -2.43. The summed E-state index contributed by atoms with van der Waals surface area (Å²) in [7, 11) is 0. The number of carbonyl (C=O) groups excluding carboxylic acids is 2. The summed E-state index contributed by atoms with van der Waals surface area (Å²) in [6, 6.07) is 6.49. The molecule has 2 amide bonds. The molecule has 0 aliphatic carbocycles. The number of rotatable bonds is 5. The molecule has 1 unspecified atom stereocenters. The van der Waals surface area contributed by atoms with E-state index in [1.807, 2.05) is 17.9 Å². The summed E-state index contributed by atoms with van der Waals surface area (Å²) in [5.41, 5.74) is 6.21. The summed E-state index contributed by atoms with van der Waals surface area (Å²) in [6.07, 6.45) is 2.68. The first kappa shape index (κ1) is 16.5. The third-order valence-electron chi connectivity index (χ3n) is 4.39. The Morgan fingerprint density at radius 3 is 2.64 bits per heavy atom. The van der Waals surface area contributed by atoms with Crippen LogP contribution in [0.3, 0.4) is 0 Å². The zero-order valence-corrected chi connectivity index (χ0v) is 12.9. The molecule has 22 heavy (non-hydrogen) atoms. The predicted molar refractivity (Wildman–Crippen MR) is 82.4 cm³/mol. The normalized spacial score (nSPS) is 17.3. The molecule has 0 aromatic heterocycles. The summed E-state index contributed by atoms with van der Waals surface area (Å²) in [5, 5.41) is 0. The molecule has 0 spiro atoms. The van der Waals surface area contributed by atoms with Crippen LogP contribution in [0.1, 0.15) is 31.7 Å². The molecule has 1 heterocycles. The fraction of sp³-hybridized carbons (Fsp3) is 0.529. The second-order valence-corrected chi connectivity index (χ2v) is 6.07. The first-order valence-corrected chi connectivity index (χ1v) is 7.80. The molecule has 0 radical (unpaired) electrons. The average Bonchev–Trinajstić information content (AvgIpc) is 2.52. The number of piperidine rings is 1. The van der Waals surface area contributed by atoms with Crippen LogP contribution in [0.15, 0.2) is 24.3 Å². The Labute approximate surface area is 130 Å². The fourth-order valence-electron chi connectivity index (χ4n) is 2.90. The minimum absolute atomic E-state index is 0.103. The van der Waals surface area contributed by atoms with Crippen molar-refractivity contribution in [1.29, 1.82) is 0 Å². The summed E-state index contributed by atoms with van der Waals surface area (Å²) in [4.78, 5) is 25.4. The number of primary amides is 1. The highest BCUT2D eigenvalue weighted by molar-refractivity contribution is 5.80. The number of benzene rings is 1. The number of likely N-dealkylation sites (tertiary alicyclic amines) is 1. The van der Waals surface area contributed by atoms with Crippen molar-refractivity contribution in [2.45, 2.75) is 32.6 Å². The van der Waals surface area contributed by atoms with E-state index in [4.69, 9.17) is 5.73 Å². The van der Waals surface area contributed by atoms with Crippen molar-refractivity contribution in [2.75, 3.05) is 13.1 Å². The molecular formula is C17H23FN2O2. The molecule has 1 aromatic carbocycles. The Morgan fingerprint density at radius 2 is 2.05 bits per heavy atom. The van der Waals surface area contributed by atoms with Crippen molar-refractivity contribution in [3.63, 3.8) is 0 Å². The van der Waals surface area contributed by atoms with Crippen LogP contribution in [0, 0.1) is 17.7 Å². The van der Waals surface area contributed by atoms with Gasteiger partial charge in [0, 0.05) is 24.9 Å². The number of hydrogen-bond donors (Lipinski definition) is 1. The van der Waals surface area contributed by atoms with Crippen LogP contribution >= 0.6 is 0 Å². The summed E-state index contributed by atoms with van der Waals surface area (Å²) < 4.78 is 13.1. The Bertz CT molecular complexity index is 539. The SMILES string of the molecule is CC(CCc1cccc(F)c1)C(=O)N1CCC(C(N)=O)CC1.